The van der Waals surface area contributed by atoms with Crippen molar-refractivity contribution in [2.75, 3.05) is 0 Å². The fourth-order valence-corrected chi connectivity index (χ4v) is 2.72. The average molecular weight is 303 g/mol. The highest BCUT2D eigenvalue weighted by molar-refractivity contribution is 5.92. The minimum atomic E-state index is -0.992. The van der Waals surface area contributed by atoms with Gasteiger partial charge in [-0.1, -0.05) is 29.3 Å². The number of benzene rings is 1. The SMILES string of the molecule is Cc1cc(C)cc(C2(C(=O)NC(C)C(C)(C)C(=O)O)CC2)c1. The number of aryl methyl sites for hydroxylation is 2. The van der Waals surface area contributed by atoms with E-state index in [2.05, 4.69) is 23.5 Å². The molecule has 1 amide bonds. The molecule has 1 atom stereocenters. The standard InChI is InChI=1S/C18H25NO3/c1-11-8-12(2)10-14(9-11)18(6-7-18)15(20)19-13(3)17(4,5)16(21)22/h8-10,13H,6-7H2,1-5H3,(H,19,20)(H,21,22). The van der Waals surface area contributed by atoms with E-state index >= 15 is 0 Å². The van der Waals surface area contributed by atoms with E-state index in [4.69, 9.17) is 0 Å². The quantitative estimate of drug-likeness (QED) is 0.879. The van der Waals surface area contributed by atoms with Crippen LogP contribution < -0.4 is 5.32 Å². The average Bonchev–Trinajstić information content (AvgIpc) is 3.18. The Morgan fingerprint density at radius 3 is 2.09 bits per heavy atom. The van der Waals surface area contributed by atoms with Crippen LogP contribution in [0.5, 0.6) is 0 Å². The number of hydrogen-bond donors (Lipinski definition) is 2. The van der Waals surface area contributed by atoms with Crippen LogP contribution in [0.25, 0.3) is 0 Å². The molecule has 0 bridgehead atoms. The van der Waals surface area contributed by atoms with Gasteiger partial charge in [-0.05, 0) is 53.0 Å². The van der Waals surface area contributed by atoms with Crippen molar-refractivity contribution in [1.82, 2.24) is 5.32 Å². The number of carbonyl (C=O) groups is 2. The predicted molar refractivity (Wildman–Crippen MR) is 85.8 cm³/mol. The van der Waals surface area contributed by atoms with Gasteiger partial charge in [0, 0.05) is 6.04 Å². The lowest BCUT2D eigenvalue weighted by molar-refractivity contribution is -0.148. The van der Waals surface area contributed by atoms with Gasteiger partial charge in [0.05, 0.1) is 10.8 Å². The Labute approximate surface area is 131 Å². The molecule has 22 heavy (non-hydrogen) atoms. The van der Waals surface area contributed by atoms with Crippen LogP contribution in [-0.4, -0.2) is 23.0 Å². The number of carboxylic acids is 1. The number of hydrogen-bond acceptors (Lipinski definition) is 2. The van der Waals surface area contributed by atoms with Crippen molar-refractivity contribution in [1.29, 1.82) is 0 Å². The highest BCUT2D eigenvalue weighted by atomic mass is 16.4. The summed E-state index contributed by atoms with van der Waals surface area (Å²) in [5.41, 5.74) is 1.87. The molecule has 4 nitrogen and oxygen atoms in total. The number of rotatable bonds is 5. The van der Waals surface area contributed by atoms with Gasteiger partial charge in [0.15, 0.2) is 0 Å². The van der Waals surface area contributed by atoms with E-state index in [9.17, 15) is 14.7 Å². The Bertz CT molecular complexity index is 595. The number of amides is 1. The van der Waals surface area contributed by atoms with Crippen LogP contribution in [0.3, 0.4) is 0 Å². The molecule has 0 aliphatic heterocycles. The maximum Gasteiger partial charge on any atom is 0.311 e. The number of aliphatic carboxylic acids is 1. The van der Waals surface area contributed by atoms with Gasteiger partial charge in [-0.25, -0.2) is 0 Å². The molecule has 1 unspecified atom stereocenters. The summed E-state index contributed by atoms with van der Waals surface area (Å²) in [7, 11) is 0. The van der Waals surface area contributed by atoms with Crippen molar-refractivity contribution in [2.45, 2.75) is 58.9 Å². The molecule has 1 aromatic rings. The lowest BCUT2D eigenvalue weighted by atomic mass is 9.84. The van der Waals surface area contributed by atoms with Crippen molar-refractivity contribution in [3.63, 3.8) is 0 Å². The maximum absolute atomic E-state index is 12.7. The molecule has 1 aromatic carbocycles. The Kier molecular flexibility index (Phi) is 4.07. The topological polar surface area (TPSA) is 66.4 Å². The smallest absolute Gasteiger partial charge is 0.311 e. The molecule has 0 heterocycles. The monoisotopic (exact) mass is 303 g/mol. The molecular weight excluding hydrogens is 278 g/mol. The molecule has 1 fully saturated rings. The van der Waals surface area contributed by atoms with Gasteiger partial charge in [0.2, 0.25) is 5.91 Å². The fourth-order valence-electron chi connectivity index (χ4n) is 2.72. The van der Waals surface area contributed by atoms with E-state index in [1.165, 1.54) is 0 Å². The van der Waals surface area contributed by atoms with Crippen molar-refractivity contribution in [2.24, 2.45) is 5.41 Å². The van der Waals surface area contributed by atoms with Crippen LogP contribution in [0, 0.1) is 19.3 Å². The van der Waals surface area contributed by atoms with Crippen molar-refractivity contribution in [3.05, 3.63) is 34.9 Å². The molecule has 2 rings (SSSR count). The van der Waals surface area contributed by atoms with Crippen molar-refractivity contribution < 1.29 is 14.7 Å². The highest BCUT2D eigenvalue weighted by Gasteiger charge is 2.52. The van der Waals surface area contributed by atoms with Crippen LogP contribution in [-0.2, 0) is 15.0 Å². The van der Waals surface area contributed by atoms with Crippen LogP contribution in [0.15, 0.2) is 18.2 Å². The van der Waals surface area contributed by atoms with Crippen molar-refractivity contribution in [3.8, 4) is 0 Å². The van der Waals surface area contributed by atoms with Gasteiger partial charge >= 0.3 is 5.97 Å². The molecular formula is C18H25NO3. The summed E-state index contributed by atoms with van der Waals surface area (Å²) in [5, 5.41) is 12.2. The molecule has 1 aliphatic carbocycles. The number of carboxylic acid groups (broad SMARTS) is 1. The zero-order valence-electron chi connectivity index (χ0n) is 14.0. The van der Waals surface area contributed by atoms with Gasteiger partial charge in [-0.15, -0.1) is 0 Å². The van der Waals surface area contributed by atoms with Crippen LogP contribution in [0.2, 0.25) is 0 Å². The minimum absolute atomic E-state index is 0.0562. The van der Waals surface area contributed by atoms with E-state index in [0.29, 0.717) is 0 Å². The summed E-state index contributed by atoms with van der Waals surface area (Å²) in [6, 6.07) is 5.79. The molecule has 0 radical (unpaired) electrons. The second kappa shape index (κ2) is 5.41. The summed E-state index contributed by atoms with van der Waals surface area (Å²) in [6.07, 6.45) is 1.64. The second-order valence-corrected chi connectivity index (χ2v) is 7.18. The normalized spacial score (nSPS) is 17.7. The lowest BCUT2D eigenvalue weighted by Crippen LogP contribution is -2.50. The number of carbonyl (C=O) groups excluding carboxylic acids is 1. The Morgan fingerprint density at radius 1 is 1.18 bits per heavy atom. The molecule has 1 saturated carbocycles. The molecule has 0 saturated heterocycles. The predicted octanol–water partition coefficient (Wildman–Crippen LogP) is 2.95. The summed E-state index contributed by atoms with van der Waals surface area (Å²) >= 11 is 0. The zero-order chi connectivity index (χ0) is 16.7. The van der Waals surface area contributed by atoms with E-state index in [1.807, 2.05) is 13.8 Å². The fraction of sp³-hybridized carbons (Fsp3) is 0.556. The van der Waals surface area contributed by atoms with Gasteiger partial charge < -0.3 is 10.4 Å². The van der Waals surface area contributed by atoms with Crippen LogP contribution >= 0.6 is 0 Å². The van der Waals surface area contributed by atoms with Crippen LogP contribution in [0.1, 0.15) is 50.3 Å². The van der Waals surface area contributed by atoms with E-state index in [-0.39, 0.29) is 5.91 Å². The van der Waals surface area contributed by atoms with E-state index in [1.54, 1.807) is 20.8 Å². The number of nitrogens with one attached hydrogen (secondary N) is 1. The zero-order valence-corrected chi connectivity index (χ0v) is 14.0. The molecule has 0 spiro atoms. The Morgan fingerprint density at radius 2 is 1.68 bits per heavy atom. The second-order valence-electron chi connectivity index (χ2n) is 7.18. The van der Waals surface area contributed by atoms with Gasteiger partial charge in [-0.3, -0.25) is 9.59 Å². The summed E-state index contributed by atoms with van der Waals surface area (Å²) < 4.78 is 0. The third-order valence-corrected chi connectivity index (χ3v) is 4.94. The van der Waals surface area contributed by atoms with Gasteiger partial charge in [0.1, 0.15) is 0 Å². The van der Waals surface area contributed by atoms with Crippen LogP contribution in [0.4, 0.5) is 0 Å². The first kappa shape index (κ1) is 16.5. The Balaban J connectivity index is 2.21. The molecule has 4 heteroatoms. The molecule has 1 aliphatic rings. The third-order valence-electron chi connectivity index (χ3n) is 4.94. The molecule has 120 valence electrons. The van der Waals surface area contributed by atoms with Crippen molar-refractivity contribution >= 4 is 11.9 Å². The maximum atomic E-state index is 12.7. The van der Waals surface area contributed by atoms with E-state index in [0.717, 1.165) is 29.5 Å². The lowest BCUT2D eigenvalue weighted by Gasteiger charge is -2.30. The first-order valence-electron chi connectivity index (χ1n) is 7.73. The third kappa shape index (κ3) is 2.87. The Hall–Kier alpha value is -1.84. The van der Waals surface area contributed by atoms with Gasteiger partial charge in [-0.2, -0.15) is 0 Å². The van der Waals surface area contributed by atoms with E-state index < -0.39 is 22.8 Å². The summed E-state index contributed by atoms with van der Waals surface area (Å²) in [6.45, 7) is 9.08. The first-order chi connectivity index (χ1) is 10.1. The van der Waals surface area contributed by atoms with Gasteiger partial charge in [0.25, 0.3) is 0 Å². The molecule has 2 N–H and O–H groups in total. The highest BCUT2D eigenvalue weighted by Crippen LogP contribution is 2.49. The largest absolute Gasteiger partial charge is 0.481 e. The summed E-state index contributed by atoms with van der Waals surface area (Å²) in [5.74, 6) is -0.962. The summed E-state index contributed by atoms with van der Waals surface area (Å²) in [4.78, 5) is 24.0. The minimum Gasteiger partial charge on any atom is -0.481 e. The first-order valence-corrected chi connectivity index (χ1v) is 7.73. The molecule has 0 aromatic heterocycles.